The van der Waals surface area contributed by atoms with E-state index in [-0.39, 0.29) is 11.7 Å². The molecule has 0 spiro atoms. The van der Waals surface area contributed by atoms with Crippen molar-refractivity contribution >= 4 is 12.1 Å². The van der Waals surface area contributed by atoms with Gasteiger partial charge in [-0.05, 0) is 12.8 Å². The minimum absolute atomic E-state index is 0.180. The SMILES string of the molecule is CCCCCCCCCCCCCCC(C=O)C(=O)CCCCCCC. The van der Waals surface area contributed by atoms with Crippen molar-refractivity contribution in [1.82, 2.24) is 0 Å². The van der Waals surface area contributed by atoms with Crippen LogP contribution in [0.4, 0.5) is 0 Å². The molecule has 26 heavy (non-hydrogen) atoms. The van der Waals surface area contributed by atoms with Gasteiger partial charge in [0.05, 0.1) is 5.92 Å². The van der Waals surface area contributed by atoms with Gasteiger partial charge in [0, 0.05) is 6.42 Å². The third-order valence-corrected chi connectivity index (χ3v) is 5.47. The van der Waals surface area contributed by atoms with E-state index < -0.39 is 0 Å². The summed E-state index contributed by atoms with van der Waals surface area (Å²) in [5.41, 5.74) is 0. The molecule has 0 aromatic carbocycles. The van der Waals surface area contributed by atoms with Crippen LogP contribution in [0, 0.1) is 5.92 Å². The number of Topliss-reactive ketones (excluding diaryl/α,β-unsaturated/α-hetero) is 1. The maximum Gasteiger partial charge on any atom is 0.143 e. The summed E-state index contributed by atoms with van der Waals surface area (Å²) in [6, 6.07) is 0. The summed E-state index contributed by atoms with van der Waals surface area (Å²) in [4.78, 5) is 23.3. The Morgan fingerprint density at radius 2 is 1.00 bits per heavy atom. The summed E-state index contributed by atoms with van der Waals surface area (Å²) in [6.45, 7) is 4.46. The van der Waals surface area contributed by atoms with Crippen LogP contribution in [0.3, 0.4) is 0 Å². The molecule has 0 aliphatic carbocycles. The molecule has 154 valence electrons. The van der Waals surface area contributed by atoms with Crippen LogP contribution in [0.25, 0.3) is 0 Å². The van der Waals surface area contributed by atoms with Crippen molar-refractivity contribution in [3.63, 3.8) is 0 Å². The quantitative estimate of drug-likeness (QED) is 0.118. The Kier molecular flexibility index (Phi) is 20.1. The maximum atomic E-state index is 12.1. The lowest BCUT2D eigenvalue weighted by molar-refractivity contribution is -0.127. The number of unbranched alkanes of at least 4 members (excludes halogenated alkanes) is 15. The van der Waals surface area contributed by atoms with Gasteiger partial charge in [-0.1, -0.05) is 117 Å². The molecule has 0 fully saturated rings. The topological polar surface area (TPSA) is 34.1 Å². The summed E-state index contributed by atoms with van der Waals surface area (Å²) in [7, 11) is 0. The van der Waals surface area contributed by atoms with Gasteiger partial charge in [-0.2, -0.15) is 0 Å². The van der Waals surface area contributed by atoms with E-state index in [1.807, 2.05) is 0 Å². The number of ketones is 1. The molecule has 0 heterocycles. The Hall–Kier alpha value is -0.660. The van der Waals surface area contributed by atoms with Crippen LogP contribution in [-0.4, -0.2) is 12.1 Å². The minimum atomic E-state index is -0.329. The van der Waals surface area contributed by atoms with Crippen LogP contribution in [-0.2, 0) is 9.59 Å². The molecule has 0 bridgehead atoms. The van der Waals surface area contributed by atoms with E-state index in [0.717, 1.165) is 32.0 Å². The second-order valence-electron chi connectivity index (χ2n) is 8.05. The number of rotatable bonds is 21. The van der Waals surface area contributed by atoms with Crippen molar-refractivity contribution in [3.05, 3.63) is 0 Å². The second-order valence-corrected chi connectivity index (χ2v) is 8.05. The summed E-state index contributed by atoms with van der Waals surface area (Å²) in [5.74, 6) is -0.149. The zero-order valence-electron chi connectivity index (χ0n) is 17.9. The van der Waals surface area contributed by atoms with Crippen molar-refractivity contribution in [3.8, 4) is 0 Å². The van der Waals surface area contributed by atoms with E-state index in [4.69, 9.17) is 0 Å². The number of aldehydes is 1. The molecule has 0 aliphatic rings. The lowest BCUT2D eigenvalue weighted by Crippen LogP contribution is -2.15. The van der Waals surface area contributed by atoms with Crippen LogP contribution in [0.5, 0.6) is 0 Å². The standard InChI is InChI=1S/C24H46O2/c1-3-5-7-9-10-11-12-13-14-15-17-18-20-23(22-25)24(26)21-19-16-8-6-4-2/h22-23H,3-21H2,1-2H3. The Morgan fingerprint density at radius 3 is 1.42 bits per heavy atom. The summed E-state index contributed by atoms with van der Waals surface area (Å²) in [6.07, 6.45) is 23.9. The Balaban J connectivity index is 3.45. The smallest absolute Gasteiger partial charge is 0.143 e. The van der Waals surface area contributed by atoms with Gasteiger partial charge in [0.15, 0.2) is 0 Å². The average molecular weight is 367 g/mol. The number of hydrogen-bond acceptors (Lipinski definition) is 2. The molecule has 2 nitrogen and oxygen atoms in total. The largest absolute Gasteiger partial charge is 0.303 e. The second kappa shape index (κ2) is 20.6. The van der Waals surface area contributed by atoms with Crippen molar-refractivity contribution < 1.29 is 9.59 Å². The van der Waals surface area contributed by atoms with E-state index in [1.54, 1.807) is 0 Å². The van der Waals surface area contributed by atoms with Crippen LogP contribution in [0.15, 0.2) is 0 Å². The molecule has 0 radical (unpaired) electrons. The molecular formula is C24H46O2. The van der Waals surface area contributed by atoms with Crippen molar-refractivity contribution in [2.24, 2.45) is 5.92 Å². The molecule has 1 unspecified atom stereocenters. The zero-order chi connectivity index (χ0) is 19.3. The van der Waals surface area contributed by atoms with E-state index in [9.17, 15) is 9.59 Å². The van der Waals surface area contributed by atoms with E-state index in [2.05, 4.69) is 13.8 Å². The Labute approximate surface area is 163 Å². The highest BCUT2D eigenvalue weighted by molar-refractivity contribution is 5.93. The molecule has 0 saturated carbocycles. The lowest BCUT2D eigenvalue weighted by atomic mass is 9.94. The first kappa shape index (κ1) is 25.3. The average Bonchev–Trinajstić information content (AvgIpc) is 2.65. The first-order valence-electron chi connectivity index (χ1n) is 11.7. The van der Waals surface area contributed by atoms with Crippen LogP contribution in [0.2, 0.25) is 0 Å². The van der Waals surface area contributed by atoms with Crippen LogP contribution in [0.1, 0.15) is 136 Å². The minimum Gasteiger partial charge on any atom is -0.303 e. The van der Waals surface area contributed by atoms with Gasteiger partial charge in [0.2, 0.25) is 0 Å². The first-order valence-corrected chi connectivity index (χ1v) is 11.7. The molecule has 0 amide bonds. The van der Waals surface area contributed by atoms with Crippen molar-refractivity contribution in [2.45, 2.75) is 136 Å². The molecule has 0 saturated heterocycles. The predicted molar refractivity (Wildman–Crippen MR) is 114 cm³/mol. The number of hydrogen-bond donors (Lipinski definition) is 0. The first-order chi connectivity index (χ1) is 12.8. The van der Waals surface area contributed by atoms with E-state index in [1.165, 1.54) is 89.9 Å². The number of carbonyl (C=O) groups is 2. The van der Waals surface area contributed by atoms with Crippen molar-refractivity contribution in [2.75, 3.05) is 0 Å². The maximum absolute atomic E-state index is 12.1. The van der Waals surface area contributed by atoms with E-state index in [0.29, 0.717) is 6.42 Å². The summed E-state index contributed by atoms with van der Waals surface area (Å²) >= 11 is 0. The third-order valence-electron chi connectivity index (χ3n) is 5.47. The monoisotopic (exact) mass is 366 g/mol. The molecular weight excluding hydrogens is 320 g/mol. The fourth-order valence-corrected chi connectivity index (χ4v) is 3.60. The number of carbonyl (C=O) groups excluding carboxylic acids is 2. The highest BCUT2D eigenvalue weighted by atomic mass is 16.1. The van der Waals surface area contributed by atoms with Gasteiger partial charge in [-0.25, -0.2) is 0 Å². The van der Waals surface area contributed by atoms with Crippen LogP contribution >= 0.6 is 0 Å². The predicted octanol–water partition coefficient (Wildman–Crippen LogP) is 7.82. The zero-order valence-corrected chi connectivity index (χ0v) is 17.9. The highest BCUT2D eigenvalue weighted by Crippen LogP contribution is 2.16. The summed E-state index contributed by atoms with van der Waals surface area (Å²) in [5, 5.41) is 0. The molecule has 1 atom stereocenters. The van der Waals surface area contributed by atoms with Gasteiger partial charge in [-0.15, -0.1) is 0 Å². The molecule has 0 rings (SSSR count). The normalized spacial score (nSPS) is 12.2. The summed E-state index contributed by atoms with van der Waals surface area (Å²) < 4.78 is 0. The van der Waals surface area contributed by atoms with E-state index >= 15 is 0 Å². The molecule has 2 heteroatoms. The molecule has 0 aromatic heterocycles. The highest BCUT2D eigenvalue weighted by Gasteiger charge is 2.16. The lowest BCUT2D eigenvalue weighted by Gasteiger charge is -2.09. The van der Waals surface area contributed by atoms with Gasteiger partial charge in [0.25, 0.3) is 0 Å². The fraction of sp³-hybridized carbons (Fsp3) is 0.917. The molecule has 0 N–H and O–H groups in total. The van der Waals surface area contributed by atoms with Gasteiger partial charge >= 0.3 is 0 Å². The Bertz CT molecular complexity index is 311. The van der Waals surface area contributed by atoms with Gasteiger partial charge in [-0.3, -0.25) is 4.79 Å². The third kappa shape index (κ3) is 16.8. The molecule has 0 aromatic rings. The van der Waals surface area contributed by atoms with Crippen molar-refractivity contribution in [1.29, 1.82) is 0 Å². The Morgan fingerprint density at radius 1 is 0.615 bits per heavy atom. The van der Waals surface area contributed by atoms with Crippen LogP contribution < -0.4 is 0 Å². The fourth-order valence-electron chi connectivity index (χ4n) is 3.60. The van der Waals surface area contributed by atoms with Gasteiger partial charge in [0.1, 0.15) is 12.1 Å². The molecule has 0 aliphatic heterocycles. The van der Waals surface area contributed by atoms with Gasteiger partial charge < -0.3 is 4.79 Å².